The number of sulfonamides is 1. The number of guanidine groups is 1. The Morgan fingerprint density at radius 1 is 1.16 bits per heavy atom. The van der Waals surface area contributed by atoms with Crippen LogP contribution in [0.3, 0.4) is 0 Å². The van der Waals surface area contributed by atoms with Crippen molar-refractivity contribution in [3.05, 3.63) is 0 Å². The first kappa shape index (κ1) is 22.9. The Labute approximate surface area is 169 Å². The molecule has 1 atom stereocenters. The van der Waals surface area contributed by atoms with Crippen LogP contribution in [0.25, 0.3) is 0 Å². The molecule has 1 saturated heterocycles. The van der Waals surface area contributed by atoms with E-state index in [9.17, 15) is 8.42 Å². The van der Waals surface area contributed by atoms with Crippen LogP contribution in [0.1, 0.15) is 51.9 Å². The molecule has 1 aliphatic heterocycles. The Bertz CT molecular complexity index is 490. The lowest BCUT2D eigenvalue weighted by atomic mass is 10.1. The molecule has 0 bridgehead atoms. The molecular weight excluding hydrogens is 455 g/mol. The molecule has 0 amide bonds. The Morgan fingerprint density at radius 3 is 2.52 bits per heavy atom. The monoisotopic (exact) mass is 488 g/mol. The lowest BCUT2D eigenvalue weighted by Gasteiger charge is -2.22. The van der Waals surface area contributed by atoms with Gasteiger partial charge in [0.05, 0.1) is 18.4 Å². The second-order valence-electron chi connectivity index (χ2n) is 6.54. The summed E-state index contributed by atoms with van der Waals surface area (Å²) in [5, 5.41) is 6.57. The van der Waals surface area contributed by atoms with Crippen LogP contribution in [0.4, 0.5) is 0 Å². The van der Waals surface area contributed by atoms with E-state index in [2.05, 4.69) is 20.3 Å². The predicted molar refractivity (Wildman–Crippen MR) is 112 cm³/mol. The van der Waals surface area contributed by atoms with Gasteiger partial charge < -0.3 is 15.4 Å². The van der Waals surface area contributed by atoms with Crippen molar-refractivity contribution in [2.75, 3.05) is 32.0 Å². The third kappa shape index (κ3) is 9.39. The summed E-state index contributed by atoms with van der Waals surface area (Å²) >= 11 is 0. The maximum absolute atomic E-state index is 12.1. The molecule has 2 aliphatic rings. The number of rotatable bonds is 8. The van der Waals surface area contributed by atoms with Crippen LogP contribution in [0.15, 0.2) is 4.99 Å². The maximum Gasteiger partial charge on any atom is 0.213 e. The second-order valence-corrected chi connectivity index (χ2v) is 8.47. The number of ether oxygens (including phenoxy) is 1. The van der Waals surface area contributed by atoms with Crippen molar-refractivity contribution in [2.24, 2.45) is 4.99 Å². The minimum Gasteiger partial charge on any atom is -0.377 e. The topological polar surface area (TPSA) is 91.8 Å². The molecule has 1 aliphatic carbocycles. The fourth-order valence-electron chi connectivity index (χ4n) is 3.12. The van der Waals surface area contributed by atoms with Gasteiger partial charge in [-0.15, -0.1) is 24.0 Å². The fourth-order valence-corrected chi connectivity index (χ4v) is 4.04. The van der Waals surface area contributed by atoms with E-state index in [1.807, 2.05) is 6.92 Å². The van der Waals surface area contributed by atoms with E-state index >= 15 is 0 Å². The third-order valence-corrected chi connectivity index (χ3v) is 5.80. The SMILES string of the molecule is CCNC(=NCCS(=O)(=O)NCC1CCCCO1)NC1CCCC1.I. The van der Waals surface area contributed by atoms with Crippen molar-refractivity contribution >= 4 is 40.0 Å². The smallest absolute Gasteiger partial charge is 0.213 e. The van der Waals surface area contributed by atoms with Crippen LogP contribution < -0.4 is 15.4 Å². The minimum absolute atomic E-state index is 0. The molecule has 0 aromatic rings. The van der Waals surface area contributed by atoms with E-state index in [0.717, 1.165) is 51.2 Å². The number of halogens is 1. The molecular formula is C16H33IN4O3S. The van der Waals surface area contributed by atoms with Crippen molar-refractivity contribution in [2.45, 2.75) is 64.0 Å². The largest absolute Gasteiger partial charge is 0.377 e. The Kier molecular flexibility index (Phi) is 11.3. The molecule has 0 aromatic carbocycles. The second kappa shape index (κ2) is 12.3. The molecule has 7 nitrogen and oxygen atoms in total. The molecule has 2 fully saturated rings. The van der Waals surface area contributed by atoms with Gasteiger partial charge in [-0.25, -0.2) is 13.1 Å². The molecule has 0 aromatic heterocycles. The van der Waals surface area contributed by atoms with Gasteiger partial charge in [0.25, 0.3) is 0 Å². The number of nitrogens with one attached hydrogen (secondary N) is 3. The third-order valence-electron chi connectivity index (χ3n) is 4.48. The maximum atomic E-state index is 12.1. The summed E-state index contributed by atoms with van der Waals surface area (Å²) in [5.41, 5.74) is 0. The van der Waals surface area contributed by atoms with E-state index in [1.165, 1.54) is 12.8 Å². The zero-order chi connectivity index (χ0) is 17.3. The molecule has 1 heterocycles. The number of hydrogen-bond donors (Lipinski definition) is 3. The van der Waals surface area contributed by atoms with E-state index in [1.54, 1.807) is 0 Å². The summed E-state index contributed by atoms with van der Waals surface area (Å²) in [6, 6.07) is 0.459. The van der Waals surface area contributed by atoms with Gasteiger partial charge in [-0.1, -0.05) is 12.8 Å². The normalized spacial score (nSPS) is 22.4. The summed E-state index contributed by atoms with van der Waals surface area (Å²) in [6.45, 7) is 4.13. The highest BCUT2D eigenvalue weighted by atomic mass is 127. The molecule has 0 spiro atoms. The van der Waals surface area contributed by atoms with Gasteiger partial charge in [-0.3, -0.25) is 4.99 Å². The molecule has 9 heteroatoms. The number of aliphatic imine (C=N–C) groups is 1. The van der Waals surface area contributed by atoms with Crippen molar-refractivity contribution in [3.63, 3.8) is 0 Å². The van der Waals surface area contributed by atoms with Gasteiger partial charge >= 0.3 is 0 Å². The van der Waals surface area contributed by atoms with E-state index in [0.29, 0.717) is 12.6 Å². The first-order valence-corrected chi connectivity index (χ1v) is 10.9. The van der Waals surface area contributed by atoms with Gasteiger partial charge in [0, 0.05) is 25.7 Å². The molecule has 2 rings (SSSR count). The van der Waals surface area contributed by atoms with Crippen molar-refractivity contribution in [3.8, 4) is 0 Å². The summed E-state index contributed by atoms with van der Waals surface area (Å²) in [6.07, 6.45) is 7.93. The Morgan fingerprint density at radius 2 is 1.88 bits per heavy atom. The Hall–Kier alpha value is -0.130. The first-order valence-electron chi connectivity index (χ1n) is 9.23. The highest BCUT2D eigenvalue weighted by Crippen LogP contribution is 2.17. The molecule has 1 unspecified atom stereocenters. The predicted octanol–water partition coefficient (Wildman–Crippen LogP) is 1.59. The summed E-state index contributed by atoms with van der Waals surface area (Å²) in [4.78, 5) is 4.40. The van der Waals surface area contributed by atoms with Crippen LogP contribution >= 0.6 is 24.0 Å². The molecule has 1 saturated carbocycles. The van der Waals surface area contributed by atoms with E-state index in [4.69, 9.17) is 4.74 Å². The van der Waals surface area contributed by atoms with E-state index in [-0.39, 0.29) is 42.4 Å². The average Bonchev–Trinajstić information content (AvgIpc) is 3.07. The molecule has 148 valence electrons. The standard InChI is InChI=1S/C16H32N4O3S.HI/c1-2-17-16(20-14-7-3-4-8-14)18-10-12-24(21,22)19-13-15-9-5-6-11-23-15;/h14-15,19H,2-13H2,1H3,(H2,17,18,20);1H. The van der Waals surface area contributed by atoms with Gasteiger partial charge in [-0.05, 0) is 39.0 Å². The lowest BCUT2D eigenvalue weighted by molar-refractivity contribution is 0.0200. The number of hydrogen-bond acceptors (Lipinski definition) is 4. The lowest BCUT2D eigenvalue weighted by Crippen LogP contribution is -2.43. The highest BCUT2D eigenvalue weighted by Gasteiger charge is 2.18. The van der Waals surface area contributed by atoms with Crippen LogP contribution in [0, 0.1) is 0 Å². The van der Waals surface area contributed by atoms with Crippen LogP contribution in [-0.2, 0) is 14.8 Å². The van der Waals surface area contributed by atoms with Gasteiger partial charge in [0.2, 0.25) is 10.0 Å². The van der Waals surface area contributed by atoms with Gasteiger partial charge in [0.1, 0.15) is 0 Å². The fraction of sp³-hybridized carbons (Fsp3) is 0.938. The van der Waals surface area contributed by atoms with Crippen LogP contribution in [0.2, 0.25) is 0 Å². The van der Waals surface area contributed by atoms with Crippen molar-refractivity contribution in [1.82, 2.24) is 15.4 Å². The first-order chi connectivity index (χ1) is 11.6. The minimum atomic E-state index is -3.31. The molecule has 25 heavy (non-hydrogen) atoms. The number of nitrogens with zero attached hydrogens (tertiary/aromatic N) is 1. The van der Waals surface area contributed by atoms with E-state index < -0.39 is 10.0 Å². The quantitative estimate of drug-likeness (QED) is 0.274. The van der Waals surface area contributed by atoms with Crippen molar-refractivity contribution in [1.29, 1.82) is 0 Å². The molecule has 0 radical (unpaired) electrons. The zero-order valence-corrected chi connectivity index (χ0v) is 18.3. The highest BCUT2D eigenvalue weighted by molar-refractivity contribution is 14.0. The van der Waals surface area contributed by atoms with Gasteiger partial charge in [-0.2, -0.15) is 0 Å². The molecule has 3 N–H and O–H groups in total. The van der Waals surface area contributed by atoms with Crippen LogP contribution in [0.5, 0.6) is 0 Å². The van der Waals surface area contributed by atoms with Gasteiger partial charge in [0.15, 0.2) is 5.96 Å². The van der Waals surface area contributed by atoms with Crippen LogP contribution in [-0.4, -0.2) is 58.5 Å². The Balaban J connectivity index is 0.00000312. The zero-order valence-electron chi connectivity index (χ0n) is 15.1. The summed E-state index contributed by atoms with van der Waals surface area (Å²) < 4.78 is 32.4. The van der Waals surface area contributed by atoms with Crippen molar-refractivity contribution < 1.29 is 13.2 Å². The summed E-state index contributed by atoms with van der Waals surface area (Å²) in [5.74, 6) is 0.719. The summed E-state index contributed by atoms with van der Waals surface area (Å²) in [7, 11) is -3.31. The average molecular weight is 488 g/mol.